The van der Waals surface area contributed by atoms with E-state index in [2.05, 4.69) is 30.1 Å². The number of rotatable bonds is 2. The molecule has 74 valence electrons. The Balaban J connectivity index is 2.44. The molecule has 1 aliphatic rings. The number of nitrogens with zero attached hydrogens (tertiary/aromatic N) is 2. The molecule has 0 radical (unpaired) electrons. The van der Waals surface area contributed by atoms with Crippen LogP contribution < -0.4 is 0 Å². The highest BCUT2D eigenvalue weighted by atomic mass is 35.5. The molecule has 0 N–H and O–H groups in total. The topological polar surface area (TPSA) is 24.7 Å². The first-order valence-electron chi connectivity index (χ1n) is 4.92. The number of benzene rings is 1. The summed E-state index contributed by atoms with van der Waals surface area (Å²) < 4.78 is 0. The van der Waals surface area contributed by atoms with E-state index in [0.29, 0.717) is 12.5 Å². The lowest BCUT2D eigenvalue weighted by atomic mass is 9.96. The van der Waals surface area contributed by atoms with E-state index < -0.39 is 0 Å². The maximum absolute atomic E-state index is 6.12. The zero-order valence-electron chi connectivity index (χ0n) is 8.42. The van der Waals surface area contributed by atoms with Gasteiger partial charge in [0.25, 0.3) is 0 Å². The maximum atomic E-state index is 6.12. The van der Waals surface area contributed by atoms with Gasteiger partial charge in [-0.15, -0.1) is 0 Å². The molecule has 1 aromatic carbocycles. The molecule has 14 heavy (non-hydrogen) atoms. The molecule has 1 atom stereocenters. The van der Waals surface area contributed by atoms with Crippen LogP contribution >= 0.6 is 11.6 Å². The van der Waals surface area contributed by atoms with Gasteiger partial charge in [0, 0.05) is 5.56 Å². The number of azo groups is 1. The molecule has 0 fully saturated rings. The molecule has 0 saturated carbocycles. The monoisotopic (exact) mass is 208 g/mol. The number of fused-ring (bicyclic) bond motifs is 1. The summed E-state index contributed by atoms with van der Waals surface area (Å²) in [5.74, 6) is 0.554. The second kappa shape index (κ2) is 3.70. The lowest BCUT2D eigenvalue weighted by Crippen LogP contribution is -1.92. The molecule has 2 rings (SSSR count). The van der Waals surface area contributed by atoms with Crippen LogP contribution in [0.1, 0.15) is 37.3 Å². The highest BCUT2D eigenvalue weighted by molar-refractivity contribution is 6.33. The minimum atomic E-state index is 0.554. The van der Waals surface area contributed by atoms with Crippen molar-refractivity contribution < 1.29 is 0 Å². The SMILES string of the molecule is CCC(C)c1cc(Cl)c2c(c1)CN=N2. The van der Waals surface area contributed by atoms with Crippen molar-refractivity contribution in [3.8, 4) is 0 Å². The zero-order valence-corrected chi connectivity index (χ0v) is 9.17. The predicted molar refractivity (Wildman–Crippen MR) is 58.4 cm³/mol. The molecule has 0 aromatic heterocycles. The van der Waals surface area contributed by atoms with E-state index in [9.17, 15) is 0 Å². The normalized spacial score (nSPS) is 15.6. The zero-order chi connectivity index (χ0) is 10.1. The molecule has 0 spiro atoms. The molecule has 0 saturated heterocycles. The predicted octanol–water partition coefficient (Wildman–Crippen LogP) is 4.45. The smallest absolute Gasteiger partial charge is 0.109 e. The highest BCUT2D eigenvalue weighted by Gasteiger charge is 2.15. The fourth-order valence-corrected chi connectivity index (χ4v) is 1.90. The van der Waals surface area contributed by atoms with Crippen LogP contribution in [0.15, 0.2) is 22.4 Å². The van der Waals surface area contributed by atoms with Crippen molar-refractivity contribution >= 4 is 17.3 Å². The van der Waals surface area contributed by atoms with Gasteiger partial charge in [0.15, 0.2) is 0 Å². The van der Waals surface area contributed by atoms with Crippen LogP contribution in [0.25, 0.3) is 0 Å². The van der Waals surface area contributed by atoms with E-state index in [-0.39, 0.29) is 0 Å². The summed E-state index contributed by atoms with van der Waals surface area (Å²) in [6, 6.07) is 4.19. The summed E-state index contributed by atoms with van der Waals surface area (Å²) in [6.07, 6.45) is 1.13. The summed E-state index contributed by atoms with van der Waals surface area (Å²) in [5, 5.41) is 8.73. The van der Waals surface area contributed by atoms with Crippen molar-refractivity contribution in [3.05, 3.63) is 28.3 Å². The molecule has 0 amide bonds. The third-order valence-corrected chi connectivity index (χ3v) is 3.05. The Morgan fingerprint density at radius 3 is 3.00 bits per heavy atom. The van der Waals surface area contributed by atoms with Crippen LogP contribution in [0.4, 0.5) is 5.69 Å². The molecule has 1 aromatic rings. The Morgan fingerprint density at radius 2 is 2.29 bits per heavy atom. The summed E-state index contributed by atoms with van der Waals surface area (Å²) in [5.41, 5.74) is 3.31. The summed E-state index contributed by atoms with van der Waals surface area (Å²) >= 11 is 6.12. The Morgan fingerprint density at radius 1 is 1.50 bits per heavy atom. The standard InChI is InChI=1S/C11H13ClN2/c1-3-7(2)8-4-9-6-13-14-11(9)10(12)5-8/h4-5,7H,3,6H2,1-2H3. The van der Waals surface area contributed by atoms with Crippen LogP contribution in [0.2, 0.25) is 5.02 Å². The van der Waals surface area contributed by atoms with Gasteiger partial charge in [0.05, 0.1) is 11.6 Å². The van der Waals surface area contributed by atoms with Gasteiger partial charge >= 0.3 is 0 Å². The molecule has 1 unspecified atom stereocenters. The second-order valence-electron chi connectivity index (χ2n) is 3.72. The Kier molecular flexibility index (Phi) is 2.55. The average molecular weight is 209 g/mol. The quantitative estimate of drug-likeness (QED) is 0.686. The Labute approximate surface area is 89.0 Å². The van der Waals surface area contributed by atoms with Crippen molar-refractivity contribution in [1.29, 1.82) is 0 Å². The van der Waals surface area contributed by atoms with Crippen molar-refractivity contribution in [3.63, 3.8) is 0 Å². The highest BCUT2D eigenvalue weighted by Crippen LogP contribution is 2.37. The van der Waals surface area contributed by atoms with Gasteiger partial charge in [-0.2, -0.15) is 10.2 Å². The molecule has 1 heterocycles. The fourth-order valence-electron chi connectivity index (χ4n) is 1.61. The van der Waals surface area contributed by atoms with Crippen molar-refractivity contribution in [2.75, 3.05) is 0 Å². The fraction of sp³-hybridized carbons (Fsp3) is 0.455. The minimum absolute atomic E-state index is 0.554. The van der Waals surface area contributed by atoms with Crippen LogP contribution in [0, 0.1) is 0 Å². The largest absolute Gasteiger partial charge is 0.184 e. The van der Waals surface area contributed by atoms with Crippen molar-refractivity contribution in [1.82, 2.24) is 0 Å². The van der Waals surface area contributed by atoms with E-state index in [0.717, 1.165) is 22.7 Å². The first-order valence-corrected chi connectivity index (χ1v) is 5.30. The maximum Gasteiger partial charge on any atom is 0.109 e. The van der Waals surface area contributed by atoms with Gasteiger partial charge in [0.2, 0.25) is 0 Å². The third kappa shape index (κ3) is 1.55. The summed E-state index contributed by atoms with van der Waals surface area (Å²) in [4.78, 5) is 0. The van der Waals surface area contributed by atoms with Gasteiger partial charge in [-0.25, -0.2) is 0 Å². The van der Waals surface area contributed by atoms with Gasteiger partial charge in [-0.05, 0) is 24.0 Å². The first-order chi connectivity index (χ1) is 6.72. The Bertz CT molecular complexity index is 385. The molecule has 0 bridgehead atoms. The van der Waals surface area contributed by atoms with Gasteiger partial charge in [-0.1, -0.05) is 31.5 Å². The Hall–Kier alpha value is -0.890. The van der Waals surface area contributed by atoms with E-state index in [1.807, 2.05) is 6.07 Å². The van der Waals surface area contributed by atoms with E-state index in [1.54, 1.807) is 0 Å². The van der Waals surface area contributed by atoms with E-state index in [1.165, 1.54) is 5.56 Å². The van der Waals surface area contributed by atoms with Gasteiger partial charge < -0.3 is 0 Å². The summed E-state index contributed by atoms with van der Waals surface area (Å²) in [6.45, 7) is 5.07. The third-order valence-electron chi connectivity index (χ3n) is 2.76. The van der Waals surface area contributed by atoms with E-state index in [4.69, 9.17) is 11.6 Å². The van der Waals surface area contributed by atoms with Crippen LogP contribution in [0.5, 0.6) is 0 Å². The van der Waals surface area contributed by atoms with Gasteiger partial charge in [-0.3, -0.25) is 0 Å². The molecule has 0 aliphatic carbocycles. The van der Waals surface area contributed by atoms with Crippen molar-refractivity contribution in [2.45, 2.75) is 32.7 Å². The van der Waals surface area contributed by atoms with Crippen molar-refractivity contribution in [2.24, 2.45) is 10.2 Å². The molecule has 3 heteroatoms. The molecular formula is C11H13ClN2. The minimum Gasteiger partial charge on any atom is -0.184 e. The van der Waals surface area contributed by atoms with Crippen LogP contribution in [-0.4, -0.2) is 0 Å². The second-order valence-corrected chi connectivity index (χ2v) is 4.13. The molecule has 1 aliphatic heterocycles. The number of halogens is 1. The molecule has 2 nitrogen and oxygen atoms in total. The lowest BCUT2D eigenvalue weighted by Gasteiger charge is -2.11. The van der Waals surface area contributed by atoms with Crippen LogP contribution in [0.3, 0.4) is 0 Å². The number of hydrogen-bond acceptors (Lipinski definition) is 2. The first kappa shape index (κ1) is 9.66. The van der Waals surface area contributed by atoms with Crippen LogP contribution in [-0.2, 0) is 6.54 Å². The number of hydrogen-bond donors (Lipinski definition) is 0. The lowest BCUT2D eigenvalue weighted by molar-refractivity contribution is 0.732. The summed E-state index contributed by atoms with van der Waals surface area (Å²) in [7, 11) is 0. The average Bonchev–Trinajstić information content (AvgIpc) is 2.64. The van der Waals surface area contributed by atoms with Gasteiger partial charge in [0.1, 0.15) is 5.69 Å². The molecular weight excluding hydrogens is 196 g/mol. The van der Waals surface area contributed by atoms with E-state index >= 15 is 0 Å².